The summed E-state index contributed by atoms with van der Waals surface area (Å²) >= 11 is 0. The highest BCUT2D eigenvalue weighted by Crippen LogP contribution is 2.08. The SMILES string of the molecule is Nc1ccc(NCc2ccc(F)cc2)nc1. The van der Waals surface area contributed by atoms with Crippen molar-refractivity contribution in [3.05, 3.63) is 54.0 Å². The van der Waals surface area contributed by atoms with E-state index in [9.17, 15) is 4.39 Å². The van der Waals surface area contributed by atoms with E-state index in [2.05, 4.69) is 10.3 Å². The zero-order valence-electron chi connectivity index (χ0n) is 8.65. The van der Waals surface area contributed by atoms with Gasteiger partial charge in [0.25, 0.3) is 0 Å². The number of halogens is 1. The molecule has 1 aromatic carbocycles. The van der Waals surface area contributed by atoms with Crippen molar-refractivity contribution in [3.8, 4) is 0 Å². The average molecular weight is 217 g/mol. The predicted octanol–water partition coefficient (Wildman–Crippen LogP) is 2.42. The molecule has 1 aromatic heterocycles. The van der Waals surface area contributed by atoms with Crippen LogP contribution in [-0.4, -0.2) is 4.98 Å². The molecular weight excluding hydrogens is 205 g/mol. The number of nitrogen functional groups attached to an aromatic ring is 1. The maximum Gasteiger partial charge on any atom is 0.126 e. The lowest BCUT2D eigenvalue weighted by atomic mass is 10.2. The molecule has 0 aliphatic rings. The third-order valence-corrected chi connectivity index (χ3v) is 2.17. The fraction of sp³-hybridized carbons (Fsp3) is 0.0833. The molecule has 0 aliphatic carbocycles. The second-order valence-corrected chi connectivity index (χ2v) is 3.46. The van der Waals surface area contributed by atoms with Gasteiger partial charge in [0.2, 0.25) is 0 Å². The molecule has 0 bridgehead atoms. The number of nitrogens with zero attached hydrogens (tertiary/aromatic N) is 1. The van der Waals surface area contributed by atoms with Gasteiger partial charge in [0.1, 0.15) is 11.6 Å². The molecule has 0 atom stereocenters. The number of aromatic nitrogens is 1. The van der Waals surface area contributed by atoms with E-state index in [0.717, 1.165) is 11.4 Å². The van der Waals surface area contributed by atoms with Crippen molar-refractivity contribution < 1.29 is 4.39 Å². The highest BCUT2D eigenvalue weighted by Gasteiger charge is 1.95. The molecule has 3 N–H and O–H groups in total. The molecule has 0 spiro atoms. The van der Waals surface area contributed by atoms with E-state index in [1.165, 1.54) is 12.1 Å². The summed E-state index contributed by atoms with van der Waals surface area (Å²) in [6.45, 7) is 0.608. The standard InChI is InChI=1S/C12H12FN3/c13-10-3-1-9(2-4-10)7-15-12-6-5-11(14)8-16-12/h1-6,8H,7,14H2,(H,15,16). The predicted molar refractivity (Wildman–Crippen MR) is 62.4 cm³/mol. The molecule has 0 saturated carbocycles. The van der Waals surface area contributed by atoms with Crippen LogP contribution in [0.5, 0.6) is 0 Å². The largest absolute Gasteiger partial charge is 0.397 e. The Kier molecular flexibility index (Phi) is 3.00. The van der Waals surface area contributed by atoms with Crippen LogP contribution in [0.2, 0.25) is 0 Å². The summed E-state index contributed by atoms with van der Waals surface area (Å²) in [5, 5.41) is 3.12. The first kappa shape index (κ1) is 10.4. The molecule has 3 nitrogen and oxygen atoms in total. The highest BCUT2D eigenvalue weighted by molar-refractivity contribution is 5.44. The summed E-state index contributed by atoms with van der Waals surface area (Å²) in [6.07, 6.45) is 1.59. The van der Waals surface area contributed by atoms with Crippen molar-refractivity contribution in [2.24, 2.45) is 0 Å². The van der Waals surface area contributed by atoms with Crippen molar-refractivity contribution in [3.63, 3.8) is 0 Å². The average Bonchev–Trinajstić information content (AvgIpc) is 2.30. The molecule has 0 unspecified atom stereocenters. The molecule has 1 heterocycles. The summed E-state index contributed by atoms with van der Waals surface area (Å²) < 4.78 is 12.6. The van der Waals surface area contributed by atoms with E-state index in [-0.39, 0.29) is 5.82 Å². The van der Waals surface area contributed by atoms with Crippen LogP contribution in [0.4, 0.5) is 15.9 Å². The fourth-order valence-electron chi connectivity index (χ4n) is 1.30. The summed E-state index contributed by atoms with van der Waals surface area (Å²) in [5.74, 6) is 0.521. The van der Waals surface area contributed by atoms with Gasteiger partial charge in [-0.1, -0.05) is 12.1 Å². The topological polar surface area (TPSA) is 50.9 Å². The molecule has 82 valence electrons. The second kappa shape index (κ2) is 4.61. The Bertz CT molecular complexity index is 405. The van der Waals surface area contributed by atoms with Crippen LogP contribution in [0.1, 0.15) is 5.56 Å². The van der Waals surface area contributed by atoms with E-state index in [0.29, 0.717) is 12.2 Å². The van der Waals surface area contributed by atoms with Gasteiger partial charge in [-0.05, 0) is 29.8 Å². The third-order valence-electron chi connectivity index (χ3n) is 2.17. The summed E-state index contributed by atoms with van der Waals surface area (Å²) in [6, 6.07) is 9.93. The molecule has 2 aromatic rings. The van der Waals surface area contributed by atoms with E-state index in [1.807, 2.05) is 0 Å². The fourth-order valence-corrected chi connectivity index (χ4v) is 1.30. The van der Waals surface area contributed by atoms with Gasteiger partial charge in [0.15, 0.2) is 0 Å². The number of anilines is 2. The first-order valence-electron chi connectivity index (χ1n) is 4.94. The monoisotopic (exact) mass is 217 g/mol. The lowest BCUT2D eigenvalue weighted by Gasteiger charge is -2.05. The number of nitrogens with one attached hydrogen (secondary N) is 1. The lowest BCUT2D eigenvalue weighted by molar-refractivity contribution is 0.627. The Morgan fingerprint density at radius 2 is 1.88 bits per heavy atom. The number of pyridine rings is 1. The van der Waals surface area contributed by atoms with Crippen molar-refractivity contribution in [2.45, 2.75) is 6.54 Å². The van der Waals surface area contributed by atoms with Crippen molar-refractivity contribution in [1.82, 2.24) is 4.98 Å². The zero-order valence-corrected chi connectivity index (χ0v) is 8.65. The minimum atomic E-state index is -0.227. The number of benzene rings is 1. The van der Waals surface area contributed by atoms with Gasteiger partial charge in [0.05, 0.1) is 11.9 Å². The maximum atomic E-state index is 12.6. The van der Waals surface area contributed by atoms with Crippen LogP contribution in [0, 0.1) is 5.82 Å². The quantitative estimate of drug-likeness (QED) is 0.830. The molecule has 0 aliphatic heterocycles. The summed E-state index contributed by atoms with van der Waals surface area (Å²) in [7, 11) is 0. The molecule has 0 radical (unpaired) electrons. The van der Waals surface area contributed by atoms with Gasteiger partial charge in [-0.2, -0.15) is 0 Å². The van der Waals surface area contributed by atoms with Crippen LogP contribution in [0.3, 0.4) is 0 Å². The zero-order chi connectivity index (χ0) is 11.4. The van der Waals surface area contributed by atoms with Gasteiger partial charge in [0, 0.05) is 6.54 Å². The van der Waals surface area contributed by atoms with Crippen LogP contribution in [-0.2, 0) is 6.54 Å². The van der Waals surface area contributed by atoms with E-state index < -0.39 is 0 Å². The first-order valence-corrected chi connectivity index (χ1v) is 4.94. The number of nitrogens with two attached hydrogens (primary N) is 1. The van der Waals surface area contributed by atoms with E-state index in [1.54, 1.807) is 30.5 Å². The lowest BCUT2D eigenvalue weighted by Crippen LogP contribution is -2.01. The van der Waals surface area contributed by atoms with Crippen molar-refractivity contribution >= 4 is 11.5 Å². The Labute approximate surface area is 93.1 Å². The molecule has 0 saturated heterocycles. The molecular formula is C12H12FN3. The van der Waals surface area contributed by atoms with Gasteiger partial charge in [-0.3, -0.25) is 0 Å². The summed E-state index contributed by atoms with van der Waals surface area (Å²) in [4.78, 5) is 4.10. The van der Waals surface area contributed by atoms with Crippen molar-refractivity contribution in [2.75, 3.05) is 11.1 Å². The second-order valence-electron chi connectivity index (χ2n) is 3.46. The van der Waals surface area contributed by atoms with Crippen LogP contribution >= 0.6 is 0 Å². The number of rotatable bonds is 3. The molecule has 0 fully saturated rings. The Balaban J connectivity index is 1.97. The Hall–Kier alpha value is -2.10. The normalized spacial score (nSPS) is 10.1. The van der Waals surface area contributed by atoms with Crippen molar-refractivity contribution in [1.29, 1.82) is 0 Å². The minimum Gasteiger partial charge on any atom is -0.397 e. The number of hydrogen-bond acceptors (Lipinski definition) is 3. The smallest absolute Gasteiger partial charge is 0.126 e. The molecule has 2 rings (SSSR count). The van der Waals surface area contributed by atoms with Gasteiger partial charge in [-0.25, -0.2) is 9.37 Å². The maximum absolute atomic E-state index is 12.6. The number of hydrogen-bond donors (Lipinski definition) is 2. The van der Waals surface area contributed by atoms with Gasteiger partial charge in [-0.15, -0.1) is 0 Å². The Morgan fingerprint density at radius 1 is 1.12 bits per heavy atom. The van der Waals surface area contributed by atoms with Crippen LogP contribution < -0.4 is 11.1 Å². The molecule has 0 amide bonds. The van der Waals surface area contributed by atoms with Gasteiger partial charge < -0.3 is 11.1 Å². The van der Waals surface area contributed by atoms with Gasteiger partial charge >= 0.3 is 0 Å². The van der Waals surface area contributed by atoms with E-state index >= 15 is 0 Å². The summed E-state index contributed by atoms with van der Waals surface area (Å²) in [5.41, 5.74) is 7.15. The minimum absolute atomic E-state index is 0.227. The van der Waals surface area contributed by atoms with E-state index in [4.69, 9.17) is 5.73 Å². The Morgan fingerprint density at radius 3 is 2.50 bits per heavy atom. The third kappa shape index (κ3) is 2.70. The van der Waals surface area contributed by atoms with Crippen LogP contribution in [0.15, 0.2) is 42.6 Å². The van der Waals surface area contributed by atoms with Crippen LogP contribution in [0.25, 0.3) is 0 Å². The highest BCUT2D eigenvalue weighted by atomic mass is 19.1. The first-order chi connectivity index (χ1) is 7.74. The molecule has 16 heavy (non-hydrogen) atoms. The molecule has 4 heteroatoms.